The third kappa shape index (κ3) is 2.26. The highest BCUT2D eigenvalue weighted by molar-refractivity contribution is 6.30. The lowest BCUT2D eigenvalue weighted by Gasteiger charge is -2.47. The summed E-state index contributed by atoms with van der Waals surface area (Å²) in [6.45, 7) is 6.64. The van der Waals surface area contributed by atoms with E-state index in [4.69, 9.17) is 11.6 Å². The van der Waals surface area contributed by atoms with E-state index in [9.17, 15) is 0 Å². The van der Waals surface area contributed by atoms with Crippen LogP contribution in [0.3, 0.4) is 0 Å². The number of nitrogens with one attached hydrogen (secondary N) is 1. The summed E-state index contributed by atoms with van der Waals surface area (Å²) in [5.74, 6) is 0.856. The van der Waals surface area contributed by atoms with Gasteiger partial charge in [0.1, 0.15) is 0 Å². The molecule has 0 atom stereocenters. The Morgan fingerprint density at radius 2 is 1.94 bits per heavy atom. The van der Waals surface area contributed by atoms with Crippen molar-refractivity contribution in [3.63, 3.8) is 0 Å². The van der Waals surface area contributed by atoms with Gasteiger partial charge < -0.3 is 5.32 Å². The second kappa shape index (κ2) is 4.77. The van der Waals surface area contributed by atoms with Gasteiger partial charge in [0.25, 0.3) is 0 Å². The number of benzene rings is 1. The monoisotopic (exact) mass is 237 g/mol. The molecule has 1 N–H and O–H groups in total. The third-order valence-electron chi connectivity index (χ3n) is 3.65. The molecule has 0 spiro atoms. The Kier molecular flexibility index (Phi) is 3.56. The SMILES string of the molecule is CCNCC1(c2ccc(Cl)cc2)CC(C)C1. The second-order valence-electron chi connectivity index (χ2n) is 5.08. The van der Waals surface area contributed by atoms with Gasteiger partial charge in [-0.15, -0.1) is 0 Å². The molecule has 16 heavy (non-hydrogen) atoms. The maximum Gasteiger partial charge on any atom is 0.0406 e. The third-order valence-corrected chi connectivity index (χ3v) is 3.90. The van der Waals surface area contributed by atoms with E-state index < -0.39 is 0 Å². The van der Waals surface area contributed by atoms with Crippen molar-refractivity contribution in [2.24, 2.45) is 5.92 Å². The summed E-state index contributed by atoms with van der Waals surface area (Å²) in [7, 11) is 0. The number of rotatable bonds is 4. The van der Waals surface area contributed by atoms with Crippen molar-refractivity contribution in [1.29, 1.82) is 0 Å². The highest BCUT2D eigenvalue weighted by Gasteiger charge is 2.42. The van der Waals surface area contributed by atoms with Crippen molar-refractivity contribution in [3.05, 3.63) is 34.9 Å². The van der Waals surface area contributed by atoms with E-state index in [1.165, 1.54) is 18.4 Å². The molecule has 0 bridgehead atoms. The van der Waals surface area contributed by atoms with Gasteiger partial charge >= 0.3 is 0 Å². The van der Waals surface area contributed by atoms with Gasteiger partial charge in [-0.3, -0.25) is 0 Å². The van der Waals surface area contributed by atoms with Crippen LogP contribution in [0, 0.1) is 5.92 Å². The molecule has 2 heteroatoms. The van der Waals surface area contributed by atoms with Gasteiger partial charge in [0, 0.05) is 17.0 Å². The molecule has 0 saturated heterocycles. The summed E-state index contributed by atoms with van der Waals surface area (Å²) >= 11 is 5.94. The number of likely N-dealkylation sites (N-methyl/N-ethyl adjacent to an activating group) is 1. The van der Waals surface area contributed by atoms with Gasteiger partial charge in [0.2, 0.25) is 0 Å². The highest BCUT2D eigenvalue weighted by atomic mass is 35.5. The van der Waals surface area contributed by atoms with Crippen LogP contribution in [0.4, 0.5) is 0 Å². The molecule has 2 rings (SSSR count). The lowest BCUT2D eigenvalue weighted by Crippen LogP contribution is -2.47. The van der Waals surface area contributed by atoms with Crippen LogP contribution in [-0.4, -0.2) is 13.1 Å². The Hall–Kier alpha value is -0.530. The average Bonchev–Trinajstić information content (AvgIpc) is 2.24. The summed E-state index contributed by atoms with van der Waals surface area (Å²) in [4.78, 5) is 0. The molecule has 1 nitrogen and oxygen atoms in total. The topological polar surface area (TPSA) is 12.0 Å². The van der Waals surface area contributed by atoms with Gasteiger partial charge in [0.15, 0.2) is 0 Å². The Labute approximate surface area is 103 Å². The molecule has 88 valence electrons. The fourth-order valence-electron chi connectivity index (χ4n) is 2.92. The molecular formula is C14H20ClN. The van der Waals surface area contributed by atoms with Gasteiger partial charge in [-0.25, -0.2) is 0 Å². The predicted molar refractivity (Wildman–Crippen MR) is 70.1 cm³/mol. The van der Waals surface area contributed by atoms with E-state index in [1.807, 2.05) is 12.1 Å². The molecule has 0 radical (unpaired) electrons. The molecule has 1 aliphatic rings. The Morgan fingerprint density at radius 3 is 2.44 bits per heavy atom. The van der Waals surface area contributed by atoms with Crippen molar-refractivity contribution in [2.75, 3.05) is 13.1 Å². The highest BCUT2D eigenvalue weighted by Crippen LogP contribution is 2.47. The minimum Gasteiger partial charge on any atom is -0.316 e. The normalized spacial score (nSPS) is 28.8. The fraction of sp³-hybridized carbons (Fsp3) is 0.571. The summed E-state index contributed by atoms with van der Waals surface area (Å²) in [5.41, 5.74) is 1.80. The molecule has 1 aliphatic carbocycles. The summed E-state index contributed by atoms with van der Waals surface area (Å²) < 4.78 is 0. The van der Waals surface area contributed by atoms with Crippen LogP contribution in [0.25, 0.3) is 0 Å². The predicted octanol–water partition coefficient (Wildman–Crippen LogP) is 3.62. The van der Waals surface area contributed by atoms with Crippen molar-refractivity contribution in [3.8, 4) is 0 Å². The van der Waals surface area contributed by atoms with Gasteiger partial charge in [-0.2, -0.15) is 0 Å². The maximum absolute atomic E-state index is 5.94. The summed E-state index contributed by atoms with van der Waals surface area (Å²) in [5, 5.41) is 4.32. The van der Waals surface area contributed by atoms with Gasteiger partial charge in [-0.1, -0.05) is 37.6 Å². The van der Waals surface area contributed by atoms with Crippen LogP contribution >= 0.6 is 11.6 Å². The first-order valence-electron chi connectivity index (χ1n) is 6.13. The fourth-order valence-corrected chi connectivity index (χ4v) is 3.05. The Bertz CT molecular complexity index is 338. The van der Waals surface area contributed by atoms with Crippen molar-refractivity contribution in [2.45, 2.75) is 32.1 Å². The van der Waals surface area contributed by atoms with Gasteiger partial charge in [-0.05, 0) is 43.0 Å². The van der Waals surface area contributed by atoms with E-state index in [-0.39, 0.29) is 0 Å². The molecule has 0 unspecified atom stereocenters. The molecular weight excluding hydrogens is 218 g/mol. The van der Waals surface area contributed by atoms with E-state index in [0.29, 0.717) is 5.41 Å². The van der Waals surface area contributed by atoms with Gasteiger partial charge in [0.05, 0.1) is 0 Å². The molecule has 0 amide bonds. The molecule has 0 heterocycles. The minimum atomic E-state index is 0.361. The van der Waals surface area contributed by atoms with Crippen molar-refractivity contribution in [1.82, 2.24) is 5.32 Å². The molecule has 0 aromatic heterocycles. The van der Waals surface area contributed by atoms with E-state index in [0.717, 1.165) is 24.0 Å². The maximum atomic E-state index is 5.94. The quantitative estimate of drug-likeness (QED) is 0.844. The Morgan fingerprint density at radius 1 is 1.31 bits per heavy atom. The van der Waals surface area contributed by atoms with Crippen LogP contribution in [0.2, 0.25) is 5.02 Å². The zero-order valence-electron chi connectivity index (χ0n) is 10.1. The molecule has 1 saturated carbocycles. The first kappa shape index (κ1) is 11.9. The average molecular weight is 238 g/mol. The van der Waals surface area contributed by atoms with Crippen molar-refractivity contribution < 1.29 is 0 Å². The number of hydrogen-bond acceptors (Lipinski definition) is 1. The zero-order chi connectivity index (χ0) is 11.6. The van der Waals surface area contributed by atoms with E-state index in [1.54, 1.807) is 0 Å². The summed E-state index contributed by atoms with van der Waals surface area (Å²) in [6.07, 6.45) is 2.59. The minimum absolute atomic E-state index is 0.361. The first-order valence-corrected chi connectivity index (χ1v) is 6.51. The summed E-state index contributed by atoms with van der Waals surface area (Å²) in [6, 6.07) is 8.39. The number of hydrogen-bond donors (Lipinski definition) is 1. The second-order valence-corrected chi connectivity index (χ2v) is 5.52. The number of halogens is 1. The van der Waals surface area contributed by atoms with Crippen LogP contribution in [-0.2, 0) is 5.41 Å². The molecule has 1 fully saturated rings. The largest absolute Gasteiger partial charge is 0.316 e. The van der Waals surface area contributed by atoms with Crippen molar-refractivity contribution >= 4 is 11.6 Å². The Balaban J connectivity index is 2.16. The van der Waals surface area contributed by atoms with E-state index >= 15 is 0 Å². The molecule has 1 aromatic carbocycles. The van der Waals surface area contributed by atoms with Crippen LogP contribution in [0.15, 0.2) is 24.3 Å². The lowest BCUT2D eigenvalue weighted by atomic mass is 9.59. The zero-order valence-corrected chi connectivity index (χ0v) is 10.8. The molecule has 0 aliphatic heterocycles. The standard InChI is InChI=1S/C14H20ClN/c1-3-16-10-14(8-11(2)9-14)12-4-6-13(15)7-5-12/h4-7,11,16H,3,8-10H2,1-2H3. The smallest absolute Gasteiger partial charge is 0.0406 e. The van der Waals surface area contributed by atoms with Crippen LogP contribution in [0.5, 0.6) is 0 Å². The van der Waals surface area contributed by atoms with E-state index in [2.05, 4.69) is 31.3 Å². The lowest BCUT2D eigenvalue weighted by molar-refractivity contribution is 0.153. The first-order chi connectivity index (χ1) is 7.66. The van der Waals surface area contributed by atoms with Crippen LogP contribution in [0.1, 0.15) is 32.3 Å². The molecule has 1 aromatic rings. The van der Waals surface area contributed by atoms with Crippen LogP contribution < -0.4 is 5.32 Å².